The van der Waals surface area contributed by atoms with E-state index in [4.69, 9.17) is 13.9 Å². The van der Waals surface area contributed by atoms with E-state index in [0.717, 1.165) is 25.3 Å². The molecule has 3 aromatic rings. The van der Waals surface area contributed by atoms with Crippen LogP contribution >= 0.6 is 0 Å². The van der Waals surface area contributed by atoms with Crippen LogP contribution < -0.4 is 4.74 Å². The minimum Gasteiger partial charge on any atom is -0.493 e. The van der Waals surface area contributed by atoms with Crippen molar-refractivity contribution in [1.29, 1.82) is 0 Å². The number of carbonyl (C=O) groups is 1. The van der Waals surface area contributed by atoms with Crippen molar-refractivity contribution in [2.24, 2.45) is 5.92 Å². The van der Waals surface area contributed by atoms with Crippen LogP contribution in [0.15, 0.2) is 59.0 Å². The highest BCUT2D eigenvalue weighted by molar-refractivity contribution is 5.87. The van der Waals surface area contributed by atoms with Crippen molar-refractivity contribution in [3.63, 3.8) is 0 Å². The first-order valence-electron chi connectivity index (χ1n) is 12.5. The molecule has 0 saturated heterocycles. The van der Waals surface area contributed by atoms with Crippen molar-refractivity contribution in [3.05, 3.63) is 65.7 Å². The van der Waals surface area contributed by atoms with Gasteiger partial charge in [-0.3, -0.25) is 0 Å². The maximum absolute atomic E-state index is 13.9. The van der Waals surface area contributed by atoms with Gasteiger partial charge < -0.3 is 13.9 Å². The van der Waals surface area contributed by atoms with Crippen molar-refractivity contribution < 1.29 is 45.0 Å². The topological polar surface area (TPSA) is 48.7 Å². The highest BCUT2D eigenvalue weighted by Crippen LogP contribution is 2.40. The van der Waals surface area contributed by atoms with Crippen LogP contribution in [0.1, 0.15) is 50.7 Å². The lowest BCUT2D eigenvalue weighted by Gasteiger charge is -2.19. The average molecular weight is 557 g/mol. The van der Waals surface area contributed by atoms with Gasteiger partial charge in [-0.25, -0.2) is 4.79 Å². The van der Waals surface area contributed by atoms with Gasteiger partial charge in [-0.1, -0.05) is 38.5 Å². The van der Waals surface area contributed by atoms with Gasteiger partial charge in [-0.15, -0.1) is 0 Å². The molecule has 1 atom stereocenters. The van der Waals surface area contributed by atoms with Gasteiger partial charge in [0.2, 0.25) is 0 Å². The van der Waals surface area contributed by atoms with Crippen LogP contribution in [0.5, 0.6) is 5.75 Å². The summed E-state index contributed by atoms with van der Waals surface area (Å²) in [5.41, 5.74) is -0.0470. The van der Waals surface area contributed by atoms with Crippen molar-refractivity contribution in [2.75, 3.05) is 13.2 Å². The van der Waals surface area contributed by atoms with Crippen LogP contribution in [-0.2, 0) is 22.1 Å². The summed E-state index contributed by atoms with van der Waals surface area (Å²) in [6.07, 6.45) is -7.12. The molecule has 39 heavy (non-hydrogen) atoms. The first-order valence-corrected chi connectivity index (χ1v) is 12.5. The number of rotatable bonds is 12. The molecule has 0 aliphatic rings. The summed E-state index contributed by atoms with van der Waals surface area (Å²) in [6.45, 7) is 5.85. The van der Waals surface area contributed by atoms with Gasteiger partial charge in [0.15, 0.2) is 0 Å². The summed E-state index contributed by atoms with van der Waals surface area (Å²) in [7, 11) is 0. The highest BCUT2D eigenvalue weighted by Gasteiger charge is 2.35. The molecule has 0 saturated carbocycles. The Morgan fingerprint density at radius 1 is 1.00 bits per heavy atom. The third-order valence-electron chi connectivity index (χ3n) is 6.02. The van der Waals surface area contributed by atoms with Crippen LogP contribution in [0.3, 0.4) is 0 Å². The molecule has 0 N–H and O–H groups in total. The number of halogens is 6. The number of furan rings is 1. The maximum atomic E-state index is 13.9. The fraction of sp³-hybridized carbons (Fsp3) is 0.414. The van der Waals surface area contributed by atoms with E-state index in [-0.39, 0.29) is 28.2 Å². The van der Waals surface area contributed by atoms with E-state index in [0.29, 0.717) is 17.4 Å². The Kier molecular flexibility index (Phi) is 9.74. The van der Waals surface area contributed by atoms with Crippen LogP contribution in [0.25, 0.3) is 22.3 Å². The van der Waals surface area contributed by atoms with Crippen molar-refractivity contribution in [3.8, 4) is 17.1 Å². The number of ether oxygens (including phenoxy) is 2. The third-order valence-corrected chi connectivity index (χ3v) is 6.02. The van der Waals surface area contributed by atoms with E-state index in [1.54, 1.807) is 12.1 Å². The zero-order valence-corrected chi connectivity index (χ0v) is 21.7. The molecule has 1 unspecified atom stereocenters. The summed E-state index contributed by atoms with van der Waals surface area (Å²) in [6, 6.07) is 10.1. The molecule has 0 spiro atoms. The molecule has 2 aromatic carbocycles. The van der Waals surface area contributed by atoms with E-state index in [9.17, 15) is 31.1 Å². The lowest BCUT2D eigenvalue weighted by molar-refractivity contribution is -0.158. The second-order valence-electron chi connectivity index (χ2n) is 9.52. The Balaban J connectivity index is 1.80. The Labute approximate surface area is 222 Å². The second kappa shape index (κ2) is 12.6. The van der Waals surface area contributed by atoms with Crippen molar-refractivity contribution in [2.45, 2.75) is 58.3 Å². The minimum atomic E-state index is -4.59. The third kappa shape index (κ3) is 8.80. The fourth-order valence-corrected chi connectivity index (χ4v) is 4.03. The number of carbonyl (C=O) groups excluding carboxylic acids is 1. The molecule has 1 heterocycles. The first-order chi connectivity index (χ1) is 18.3. The quantitative estimate of drug-likeness (QED) is 0.0967. The van der Waals surface area contributed by atoms with Gasteiger partial charge in [0, 0.05) is 28.5 Å². The Morgan fingerprint density at radius 3 is 2.38 bits per heavy atom. The Morgan fingerprint density at radius 2 is 1.74 bits per heavy atom. The van der Waals surface area contributed by atoms with Gasteiger partial charge in [0.1, 0.15) is 17.1 Å². The average Bonchev–Trinajstić information content (AvgIpc) is 3.27. The van der Waals surface area contributed by atoms with E-state index in [1.165, 1.54) is 31.2 Å². The van der Waals surface area contributed by atoms with Gasteiger partial charge in [-0.2, -0.15) is 26.3 Å². The molecule has 3 rings (SSSR count). The number of benzene rings is 2. The summed E-state index contributed by atoms with van der Waals surface area (Å²) >= 11 is 0. The van der Waals surface area contributed by atoms with Gasteiger partial charge in [-0.05, 0) is 49.6 Å². The molecule has 1 aromatic heterocycles. The number of unbranched alkanes of at least 4 members (excludes halogenated alkanes) is 2. The van der Waals surface area contributed by atoms with E-state index >= 15 is 0 Å². The first kappa shape index (κ1) is 30.1. The van der Waals surface area contributed by atoms with Crippen LogP contribution in [0, 0.1) is 5.92 Å². The van der Waals surface area contributed by atoms with Crippen molar-refractivity contribution >= 4 is 16.9 Å². The molecule has 10 heteroatoms. The fourth-order valence-electron chi connectivity index (χ4n) is 4.03. The SMILES string of the molecule is C=C(C)C(=O)OCC(COc1ccc2cc(-c3ccc(CCCCC)cc3C(F)(F)F)oc2c1)CC(F)(F)F. The molecule has 4 nitrogen and oxygen atoms in total. The predicted molar refractivity (Wildman–Crippen MR) is 135 cm³/mol. The Bertz CT molecular complexity index is 1290. The number of aryl methyl sites for hydroxylation is 1. The molecule has 0 fully saturated rings. The van der Waals surface area contributed by atoms with Crippen LogP contribution in [-0.4, -0.2) is 25.4 Å². The zero-order chi connectivity index (χ0) is 28.8. The van der Waals surface area contributed by atoms with E-state index in [1.807, 2.05) is 6.92 Å². The van der Waals surface area contributed by atoms with Crippen LogP contribution in [0.2, 0.25) is 0 Å². The maximum Gasteiger partial charge on any atom is 0.417 e. The van der Waals surface area contributed by atoms with Gasteiger partial charge in [0.05, 0.1) is 25.2 Å². The summed E-state index contributed by atoms with van der Waals surface area (Å²) < 4.78 is 96.8. The molecule has 0 aliphatic heterocycles. The summed E-state index contributed by atoms with van der Waals surface area (Å²) in [5, 5.41) is 0.500. The van der Waals surface area contributed by atoms with E-state index < -0.39 is 49.4 Å². The lowest BCUT2D eigenvalue weighted by Crippen LogP contribution is -2.26. The number of fused-ring (bicyclic) bond motifs is 1. The molecule has 0 aliphatic carbocycles. The molecular weight excluding hydrogens is 526 g/mol. The zero-order valence-electron chi connectivity index (χ0n) is 21.7. The summed E-state index contributed by atoms with van der Waals surface area (Å²) in [4.78, 5) is 11.6. The molecule has 0 bridgehead atoms. The second-order valence-corrected chi connectivity index (χ2v) is 9.52. The van der Waals surface area contributed by atoms with Gasteiger partial charge in [0.25, 0.3) is 0 Å². The predicted octanol–water partition coefficient (Wildman–Crippen LogP) is 8.92. The summed E-state index contributed by atoms with van der Waals surface area (Å²) in [5.74, 6) is -1.82. The number of hydrogen-bond acceptors (Lipinski definition) is 4. The molecule has 0 radical (unpaired) electrons. The number of hydrogen-bond donors (Lipinski definition) is 0. The standard InChI is InChI=1S/C29H30F6O4/c1-4-5-6-7-19-8-11-23(24(12-19)29(33,34)35)26-13-21-9-10-22(14-25(21)39-26)37-16-20(15-28(30,31)32)17-38-27(36)18(2)3/h8-14,20H,2,4-7,15-17H2,1,3H3. The largest absolute Gasteiger partial charge is 0.493 e. The van der Waals surface area contributed by atoms with Crippen molar-refractivity contribution in [1.82, 2.24) is 0 Å². The smallest absolute Gasteiger partial charge is 0.417 e. The molecular formula is C29H30F6O4. The minimum absolute atomic E-state index is 0.0104. The van der Waals surface area contributed by atoms with Gasteiger partial charge >= 0.3 is 18.3 Å². The number of esters is 1. The van der Waals surface area contributed by atoms with E-state index in [2.05, 4.69) is 6.58 Å². The Hall–Kier alpha value is -3.43. The molecule has 212 valence electrons. The van der Waals surface area contributed by atoms with Crippen LogP contribution in [0.4, 0.5) is 26.3 Å². The number of alkyl halides is 6. The lowest BCUT2D eigenvalue weighted by atomic mass is 9.98. The normalized spacial score (nSPS) is 12.9. The highest BCUT2D eigenvalue weighted by atomic mass is 19.4. The monoisotopic (exact) mass is 556 g/mol. The molecule has 0 amide bonds.